The van der Waals surface area contributed by atoms with Crippen LogP contribution in [0.4, 0.5) is 0 Å². The fourth-order valence-electron chi connectivity index (χ4n) is 3.35. The van der Waals surface area contributed by atoms with E-state index in [4.69, 9.17) is 4.74 Å². The van der Waals surface area contributed by atoms with Crippen LogP contribution in [0.1, 0.15) is 52.9 Å². The number of nitrogens with one attached hydrogen (secondary N) is 1. The summed E-state index contributed by atoms with van der Waals surface area (Å²) in [6.45, 7) is 11.5. The van der Waals surface area contributed by atoms with Crippen LogP contribution in [0, 0.1) is 5.92 Å². The van der Waals surface area contributed by atoms with Crippen molar-refractivity contribution in [2.45, 2.75) is 71.1 Å². The molecule has 0 saturated carbocycles. The van der Waals surface area contributed by atoms with Crippen molar-refractivity contribution in [3.8, 4) is 0 Å². The van der Waals surface area contributed by atoms with Gasteiger partial charge in [-0.1, -0.05) is 20.8 Å². The molecule has 0 spiro atoms. The van der Waals surface area contributed by atoms with Gasteiger partial charge >= 0.3 is 0 Å². The molecule has 3 atom stereocenters. The molecule has 19 heavy (non-hydrogen) atoms. The number of ether oxygens (including phenoxy) is 1. The Labute approximate surface area is 119 Å². The van der Waals surface area contributed by atoms with Crippen molar-refractivity contribution >= 4 is 0 Å². The van der Waals surface area contributed by atoms with E-state index >= 15 is 0 Å². The molecule has 2 fully saturated rings. The fraction of sp³-hybridized carbons (Fsp3) is 1.00. The highest BCUT2D eigenvalue weighted by Crippen LogP contribution is 2.19. The Bertz CT molecular complexity index is 251. The van der Waals surface area contributed by atoms with Gasteiger partial charge in [-0.15, -0.1) is 0 Å². The first-order chi connectivity index (χ1) is 9.20. The lowest BCUT2D eigenvalue weighted by Crippen LogP contribution is -2.58. The molecule has 0 aromatic carbocycles. The molecule has 0 aliphatic carbocycles. The molecule has 0 radical (unpaired) electrons. The first kappa shape index (κ1) is 15.3. The van der Waals surface area contributed by atoms with Crippen LogP contribution in [0.15, 0.2) is 0 Å². The highest BCUT2D eigenvalue weighted by Gasteiger charge is 2.28. The average Bonchev–Trinajstić information content (AvgIpc) is 2.45. The molecule has 0 bridgehead atoms. The predicted molar refractivity (Wildman–Crippen MR) is 80.5 cm³/mol. The van der Waals surface area contributed by atoms with Crippen LogP contribution in [0.2, 0.25) is 0 Å². The van der Waals surface area contributed by atoms with E-state index in [9.17, 15) is 0 Å². The standard InChI is InChI=1S/C16H32N2O/c1-4-14-11-17-16(13(2)3)12-18(14)9-8-15-7-5-6-10-19-15/h13-17H,4-12H2,1-3H3. The van der Waals surface area contributed by atoms with Crippen molar-refractivity contribution in [3.63, 3.8) is 0 Å². The van der Waals surface area contributed by atoms with Crippen LogP contribution in [0.5, 0.6) is 0 Å². The normalized spacial score (nSPS) is 33.8. The maximum absolute atomic E-state index is 5.87. The first-order valence-electron chi connectivity index (χ1n) is 8.29. The number of rotatable bonds is 5. The highest BCUT2D eigenvalue weighted by atomic mass is 16.5. The quantitative estimate of drug-likeness (QED) is 0.829. The summed E-state index contributed by atoms with van der Waals surface area (Å²) in [5.74, 6) is 0.728. The van der Waals surface area contributed by atoms with Crippen molar-refractivity contribution in [2.75, 3.05) is 26.2 Å². The van der Waals surface area contributed by atoms with Gasteiger partial charge in [0.15, 0.2) is 0 Å². The molecule has 2 aliphatic rings. The smallest absolute Gasteiger partial charge is 0.0587 e. The first-order valence-corrected chi connectivity index (χ1v) is 8.29. The lowest BCUT2D eigenvalue weighted by atomic mass is 9.97. The third-order valence-corrected chi connectivity index (χ3v) is 4.85. The molecule has 2 rings (SSSR count). The minimum atomic E-state index is 0.527. The van der Waals surface area contributed by atoms with Crippen LogP contribution < -0.4 is 5.32 Å². The second kappa shape index (κ2) is 7.61. The van der Waals surface area contributed by atoms with Gasteiger partial charge in [-0.2, -0.15) is 0 Å². The monoisotopic (exact) mass is 268 g/mol. The van der Waals surface area contributed by atoms with Crippen LogP contribution in [-0.2, 0) is 4.74 Å². The summed E-state index contributed by atoms with van der Waals surface area (Å²) in [5.41, 5.74) is 0. The Hall–Kier alpha value is -0.120. The van der Waals surface area contributed by atoms with E-state index in [2.05, 4.69) is 31.0 Å². The molecule has 112 valence electrons. The number of hydrogen-bond acceptors (Lipinski definition) is 3. The molecule has 3 nitrogen and oxygen atoms in total. The lowest BCUT2D eigenvalue weighted by Gasteiger charge is -2.42. The average molecular weight is 268 g/mol. The highest BCUT2D eigenvalue weighted by molar-refractivity contribution is 4.87. The lowest BCUT2D eigenvalue weighted by molar-refractivity contribution is -0.00130. The van der Waals surface area contributed by atoms with Gasteiger partial charge in [0.05, 0.1) is 6.10 Å². The zero-order chi connectivity index (χ0) is 13.7. The predicted octanol–water partition coefficient (Wildman–Crippen LogP) is 2.65. The molecule has 2 aliphatic heterocycles. The summed E-state index contributed by atoms with van der Waals surface area (Å²) in [5, 5.41) is 3.71. The molecular formula is C16H32N2O. The van der Waals surface area contributed by atoms with E-state index in [1.165, 1.54) is 45.2 Å². The van der Waals surface area contributed by atoms with Gasteiger partial charge in [0.1, 0.15) is 0 Å². The van der Waals surface area contributed by atoms with Crippen LogP contribution in [0.3, 0.4) is 0 Å². The number of nitrogens with zero attached hydrogens (tertiary/aromatic N) is 1. The van der Waals surface area contributed by atoms with Crippen LogP contribution in [-0.4, -0.2) is 49.3 Å². The van der Waals surface area contributed by atoms with Crippen molar-refractivity contribution < 1.29 is 4.74 Å². The van der Waals surface area contributed by atoms with Gasteiger partial charge in [-0.25, -0.2) is 0 Å². The minimum absolute atomic E-state index is 0.527. The van der Waals surface area contributed by atoms with Gasteiger partial charge in [-0.05, 0) is 38.0 Å². The van der Waals surface area contributed by atoms with Crippen LogP contribution in [0.25, 0.3) is 0 Å². The molecule has 0 aromatic heterocycles. The maximum atomic E-state index is 5.87. The summed E-state index contributed by atoms with van der Waals surface area (Å²) in [4.78, 5) is 2.71. The number of piperazine rings is 1. The van der Waals surface area contributed by atoms with Crippen molar-refractivity contribution in [2.24, 2.45) is 5.92 Å². The Balaban J connectivity index is 1.80. The Kier molecular flexibility index (Phi) is 6.11. The van der Waals surface area contributed by atoms with Crippen molar-refractivity contribution in [3.05, 3.63) is 0 Å². The van der Waals surface area contributed by atoms with E-state index in [1.807, 2.05) is 0 Å². The molecule has 1 N–H and O–H groups in total. The summed E-state index contributed by atoms with van der Waals surface area (Å²) in [6, 6.07) is 1.38. The van der Waals surface area contributed by atoms with E-state index in [0.29, 0.717) is 12.1 Å². The van der Waals surface area contributed by atoms with Gasteiger partial charge in [0, 0.05) is 38.3 Å². The topological polar surface area (TPSA) is 24.5 Å². The fourth-order valence-corrected chi connectivity index (χ4v) is 3.35. The van der Waals surface area contributed by atoms with E-state index in [-0.39, 0.29) is 0 Å². The van der Waals surface area contributed by atoms with Gasteiger partial charge in [0.2, 0.25) is 0 Å². The summed E-state index contributed by atoms with van der Waals surface area (Å²) >= 11 is 0. The zero-order valence-electron chi connectivity index (χ0n) is 13.0. The minimum Gasteiger partial charge on any atom is -0.378 e. The molecule has 0 amide bonds. The maximum Gasteiger partial charge on any atom is 0.0587 e. The van der Waals surface area contributed by atoms with Gasteiger partial charge < -0.3 is 10.1 Å². The molecule has 0 aromatic rings. The molecule has 2 saturated heterocycles. The van der Waals surface area contributed by atoms with Gasteiger partial charge in [0.25, 0.3) is 0 Å². The third-order valence-electron chi connectivity index (χ3n) is 4.85. The largest absolute Gasteiger partial charge is 0.378 e. The van der Waals surface area contributed by atoms with Crippen molar-refractivity contribution in [1.82, 2.24) is 10.2 Å². The summed E-state index contributed by atoms with van der Waals surface area (Å²) in [7, 11) is 0. The zero-order valence-corrected chi connectivity index (χ0v) is 13.0. The van der Waals surface area contributed by atoms with Crippen molar-refractivity contribution in [1.29, 1.82) is 0 Å². The molecule has 2 heterocycles. The second-order valence-electron chi connectivity index (χ2n) is 6.59. The Morgan fingerprint density at radius 2 is 2.16 bits per heavy atom. The molecule has 3 unspecified atom stereocenters. The summed E-state index contributed by atoms with van der Waals surface area (Å²) in [6.07, 6.45) is 6.90. The Morgan fingerprint density at radius 1 is 1.32 bits per heavy atom. The van der Waals surface area contributed by atoms with E-state index < -0.39 is 0 Å². The second-order valence-corrected chi connectivity index (χ2v) is 6.59. The van der Waals surface area contributed by atoms with E-state index in [0.717, 1.165) is 25.1 Å². The summed E-state index contributed by atoms with van der Waals surface area (Å²) < 4.78 is 5.87. The molecule has 3 heteroatoms. The Morgan fingerprint density at radius 3 is 2.79 bits per heavy atom. The van der Waals surface area contributed by atoms with E-state index in [1.54, 1.807) is 0 Å². The number of hydrogen-bond donors (Lipinski definition) is 1. The van der Waals surface area contributed by atoms with Gasteiger partial charge in [-0.3, -0.25) is 4.90 Å². The SMILES string of the molecule is CCC1CNC(C(C)C)CN1CCC1CCCCO1. The van der Waals surface area contributed by atoms with Crippen LogP contribution >= 0.6 is 0 Å². The molecular weight excluding hydrogens is 236 g/mol. The third kappa shape index (κ3) is 4.44.